The van der Waals surface area contributed by atoms with E-state index in [-0.39, 0.29) is 0 Å². The van der Waals surface area contributed by atoms with Crippen molar-refractivity contribution in [2.45, 2.75) is 31.7 Å². The first-order chi connectivity index (χ1) is 8.56. The molecule has 0 radical (unpaired) electrons. The van der Waals surface area contributed by atoms with E-state index in [1.165, 1.54) is 5.57 Å². The van der Waals surface area contributed by atoms with Crippen LogP contribution >= 0.6 is 15.9 Å². The summed E-state index contributed by atoms with van der Waals surface area (Å²) in [4.78, 5) is 5.76. The van der Waals surface area contributed by atoms with Crippen LogP contribution in [0.3, 0.4) is 0 Å². The summed E-state index contributed by atoms with van der Waals surface area (Å²) in [6.45, 7) is 0. The lowest BCUT2D eigenvalue weighted by atomic mass is 9.92. The van der Waals surface area contributed by atoms with E-state index in [9.17, 15) is 4.39 Å². The van der Waals surface area contributed by atoms with Crippen molar-refractivity contribution in [3.05, 3.63) is 34.3 Å². The van der Waals surface area contributed by atoms with Crippen LogP contribution in [-0.2, 0) is 0 Å². The third kappa shape index (κ3) is 3.29. The maximum absolute atomic E-state index is 13.3. The summed E-state index contributed by atoms with van der Waals surface area (Å²) in [5.41, 5.74) is 7.22. The fourth-order valence-corrected chi connectivity index (χ4v) is 2.30. The molecule has 1 aromatic heterocycles. The van der Waals surface area contributed by atoms with Gasteiger partial charge < -0.3 is 10.6 Å². The van der Waals surface area contributed by atoms with Crippen molar-refractivity contribution < 1.29 is 4.39 Å². The van der Waals surface area contributed by atoms with Gasteiger partial charge in [0.1, 0.15) is 5.82 Å². The molecule has 1 aliphatic carbocycles. The second kappa shape index (κ2) is 5.80. The van der Waals surface area contributed by atoms with Gasteiger partial charge in [0, 0.05) is 19.3 Å². The molecule has 0 spiro atoms. The highest BCUT2D eigenvalue weighted by Crippen LogP contribution is 2.24. The second-order valence-corrected chi connectivity index (χ2v) is 5.53. The Balaban J connectivity index is 2.09. The summed E-state index contributed by atoms with van der Waals surface area (Å²) in [6, 6.07) is 3.79. The van der Waals surface area contributed by atoms with Crippen LogP contribution in [0.5, 0.6) is 0 Å². The molecule has 1 saturated carbocycles. The Morgan fingerprint density at radius 3 is 2.72 bits per heavy atom. The molecule has 3 nitrogen and oxygen atoms in total. The molecule has 18 heavy (non-hydrogen) atoms. The first-order valence-electron chi connectivity index (χ1n) is 6.06. The molecule has 0 atom stereocenters. The molecule has 0 aliphatic heterocycles. The Morgan fingerprint density at radius 1 is 1.44 bits per heavy atom. The van der Waals surface area contributed by atoms with Gasteiger partial charge in [-0.3, -0.25) is 0 Å². The van der Waals surface area contributed by atoms with Crippen LogP contribution in [0.2, 0.25) is 0 Å². The van der Waals surface area contributed by atoms with Gasteiger partial charge in [-0.1, -0.05) is 5.57 Å². The zero-order valence-corrected chi connectivity index (χ0v) is 12.0. The minimum atomic E-state index is -0.483. The van der Waals surface area contributed by atoms with Crippen molar-refractivity contribution in [2.24, 2.45) is 5.73 Å². The molecule has 0 amide bonds. The van der Waals surface area contributed by atoms with E-state index in [4.69, 9.17) is 5.73 Å². The zero-order valence-electron chi connectivity index (χ0n) is 10.4. The summed E-state index contributed by atoms with van der Waals surface area (Å²) < 4.78 is 13.7. The molecule has 2 N–H and O–H groups in total. The molecule has 1 aliphatic rings. The maximum atomic E-state index is 13.3. The third-order valence-corrected chi connectivity index (χ3v) is 3.79. The minimum absolute atomic E-state index is 0.329. The van der Waals surface area contributed by atoms with Crippen molar-refractivity contribution in [1.82, 2.24) is 4.98 Å². The highest BCUT2D eigenvalue weighted by atomic mass is 79.9. The van der Waals surface area contributed by atoms with Crippen LogP contribution < -0.4 is 10.6 Å². The lowest BCUT2D eigenvalue weighted by Crippen LogP contribution is -2.24. The molecule has 5 heteroatoms. The molecule has 1 heterocycles. The van der Waals surface area contributed by atoms with Crippen LogP contribution in [-0.4, -0.2) is 18.1 Å². The lowest BCUT2D eigenvalue weighted by molar-refractivity contribution is 0.510. The smallest absolute Gasteiger partial charge is 0.229 e. The van der Waals surface area contributed by atoms with Crippen molar-refractivity contribution in [2.75, 3.05) is 11.9 Å². The van der Waals surface area contributed by atoms with Gasteiger partial charge in [0.05, 0.1) is 4.47 Å². The van der Waals surface area contributed by atoms with Crippen LogP contribution in [0, 0.1) is 5.95 Å². The van der Waals surface area contributed by atoms with Crippen molar-refractivity contribution in [3.8, 4) is 0 Å². The summed E-state index contributed by atoms with van der Waals surface area (Å²) in [6.07, 6.45) is 6.14. The SMILES string of the molecule is CN(C=C1CCC(N)CC1)c1ccc(Br)c(F)n1. The van der Waals surface area contributed by atoms with Crippen molar-refractivity contribution in [3.63, 3.8) is 0 Å². The minimum Gasteiger partial charge on any atom is -0.336 e. The molecular weight excluding hydrogens is 297 g/mol. The van der Waals surface area contributed by atoms with Gasteiger partial charge in [-0.05, 0) is 53.7 Å². The summed E-state index contributed by atoms with van der Waals surface area (Å²) in [7, 11) is 1.89. The van der Waals surface area contributed by atoms with Gasteiger partial charge in [-0.15, -0.1) is 0 Å². The fourth-order valence-electron chi connectivity index (χ4n) is 2.08. The quantitative estimate of drug-likeness (QED) is 0.853. The van der Waals surface area contributed by atoms with Crippen LogP contribution in [0.15, 0.2) is 28.4 Å². The highest BCUT2D eigenvalue weighted by molar-refractivity contribution is 9.10. The number of hydrogen-bond acceptors (Lipinski definition) is 3. The number of rotatable bonds is 2. The van der Waals surface area contributed by atoms with E-state index in [2.05, 4.69) is 20.9 Å². The van der Waals surface area contributed by atoms with Gasteiger partial charge in [0.25, 0.3) is 0 Å². The molecule has 98 valence electrons. The molecule has 0 bridgehead atoms. The van der Waals surface area contributed by atoms with Gasteiger partial charge in [0.15, 0.2) is 0 Å². The summed E-state index contributed by atoms with van der Waals surface area (Å²) in [5.74, 6) is 0.126. The van der Waals surface area contributed by atoms with Crippen molar-refractivity contribution in [1.29, 1.82) is 0 Å². The summed E-state index contributed by atoms with van der Waals surface area (Å²) in [5, 5.41) is 0. The number of pyridine rings is 1. The first-order valence-corrected chi connectivity index (χ1v) is 6.85. The van der Waals surface area contributed by atoms with Crippen LogP contribution in [0.25, 0.3) is 0 Å². The number of allylic oxidation sites excluding steroid dienone is 1. The molecule has 1 fully saturated rings. The Labute approximate surface area is 115 Å². The predicted molar refractivity (Wildman–Crippen MR) is 74.8 cm³/mol. The Kier molecular flexibility index (Phi) is 4.35. The second-order valence-electron chi connectivity index (χ2n) is 4.68. The topological polar surface area (TPSA) is 42.1 Å². The van der Waals surface area contributed by atoms with E-state index in [0.29, 0.717) is 16.3 Å². The Bertz CT molecular complexity index is 452. The van der Waals surface area contributed by atoms with E-state index in [0.717, 1.165) is 25.7 Å². The van der Waals surface area contributed by atoms with E-state index < -0.39 is 5.95 Å². The number of hydrogen-bond donors (Lipinski definition) is 1. The van der Waals surface area contributed by atoms with Crippen LogP contribution in [0.4, 0.5) is 10.2 Å². The standard InChI is InChI=1S/C13H17BrFN3/c1-18(8-9-2-4-10(16)5-3-9)12-7-6-11(14)13(15)17-12/h6-8,10H,2-5,16H2,1H3. The highest BCUT2D eigenvalue weighted by Gasteiger charge is 2.13. The zero-order chi connectivity index (χ0) is 13.1. The summed E-state index contributed by atoms with van der Waals surface area (Å²) >= 11 is 3.10. The number of aromatic nitrogens is 1. The molecule has 0 aromatic carbocycles. The van der Waals surface area contributed by atoms with Gasteiger partial charge in [-0.2, -0.15) is 4.39 Å². The number of nitrogens with two attached hydrogens (primary N) is 1. The average molecular weight is 314 g/mol. The lowest BCUT2D eigenvalue weighted by Gasteiger charge is -2.22. The predicted octanol–water partition coefficient (Wildman–Crippen LogP) is 3.20. The monoisotopic (exact) mass is 313 g/mol. The average Bonchev–Trinajstić information content (AvgIpc) is 2.35. The van der Waals surface area contributed by atoms with Crippen molar-refractivity contribution >= 4 is 21.7 Å². The van der Waals surface area contributed by atoms with E-state index in [1.807, 2.05) is 18.1 Å². The molecule has 0 unspecified atom stereocenters. The number of nitrogens with zero attached hydrogens (tertiary/aromatic N) is 2. The molecule has 1 aromatic rings. The fraction of sp³-hybridized carbons (Fsp3) is 0.462. The Morgan fingerprint density at radius 2 is 2.11 bits per heavy atom. The maximum Gasteiger partial charge on any atom is 0.229 e. The molecular formula is C13H17BrFN3. The van der Waals surface area contributed by atoms with Gasteiger partial charge >= 0.3 is 0 Å². The molecule has 2 rings (SSSR count). The normalized spacial score (nSPS) is 19.8. The van der Waals surface area contributed by atoms with Gasteiger partial charge in [-0.25, -0.2) is 4.98 Å². The number of anilines is 1. The third-order valence-electron chi connectivity index (χ3n) is 3.20. The molecule has 0 saturated heterocycles. The largest absolute Gasteiger partial charge is 0.336 e. The first kappa shape index (κ1) is 13.5. The van der Waals surface area contributed by atoms with E-state index >= 15 is 0 Å². The van der Waals surface area contributed by atoms with Crippen LogP contribution in [0.1, 0.15) is 25.7 Å². The Hall–Kier alpha value is -0.940. The van der Waals surface area contributed by atoms with Gasteiger partial charge in [0.2, 0.25) is 5.95 Å². The van der Waals surface area contributed by atoms with E-state index in [1.54, 1.807) is 12.1 Å². The number of halogens is 2.